The number of hydrogen-bond donors (Lipinski definition) is 0. The summed E-state index contributed by atoms with van der Waals surface area (Å²) in [4.78, 5) is 13.3. The van der Waals surface area contributed by atoms with Gasteiger partial charge in [0.1, 0.15) is 0 Å². The van der Waals surface area contributed by atoms with Gasteiger partial charge >= 0.3 is 5.97 Å². The second-order valence-corrected chi connectivity index (χ2v) is 10.3. The van der Waals surface area contributed by atoms with E-state index in [9.17, 15) is 4.79 Å². The number of carbonyl (C=O) groups is 1. The van der Waals surface area contributed by atoms with Crippen LogP contribution in [0.2, 0.25) is 0 Å². The normalized spacial score (nSPS) is 11.3. The van der Waals surface area contributed by atoms with Gasteiger partial charge in [0.15, 0.2) is 5.42 Å². The van der Waals surface area contributed by atoms with E-state index in [1.807, 2.05) is 84.9 Å². The van der Waals surface area contributed by atoms with Crippen molar-refractivity contribution in [2.24, 2.45) is 10.2 Å². The summed E-state index contributed by atoms with van der Waals surface area (Å²) in [6, 6.07) is 39.5. The first kappa shape index (κ1) is 21.5. The van der Waals surface area contributed by atoms with Crippen LogP contribution >= 0.6 is 6.89 Å². The van der Waals surface area contributed by atoms with Crippen LogP contribution in [0.3, 0.4) is 0 Å². The molecule has 0 saturated carbocycles. The lowest BCUT2D eigenvalue weighted by Crippen LogP contribution is -2.33. The Balaban J connectivity index is 2.18. The Labute approximate surface area is 188 Å². The van der Waals surface area contributed by atoms with Crippen LogP contribution in [0.15, 0.2) is 132 Å². The number of esters is 1. The predicted octanol–water partition coefficient (Wildman–Crippen LogP) is 5.07. The third-order valence-corrected chi connectivity index (χ3v) is 9.26. The van der Waals surface area contributed by atoms with Gasteiger partial charge in [0.05, 0.1) is 12.8 Å². The van der Waals surface area contributed by atoms with Crippen LogP contribution in [0.5, 0.6) is 0 Å². The standard InChI is InChI=1S/C27H23N2O2P/c1-31-27(30)26(29-28-22-14-6-2-7-15-22)32(23-16-8-3-9-17-23,24-18-10-4-11-19-24)25-20-12-5-13-21-25/h2-21H,1H3. The summed E-state index contributed by atoms with van der Waals surface area (Å²) in [6.07, 6.45) is 0. The number of rotatable bonds is 6. The van der Waals surface area contributed by atoms with Crippen molar-refractivity contribution in [2.45, 2.75) is 0 Å². The minimum atomic E-state index is -2.69. The van der Waals surface area contributed by atoms with Crippen molar-refractivity contribution in [3.05, 3.63) is 121 Å². The van der Waals surface area contributed by atoms with Crippen molar-refractivity contribution in [2.75, 3.05) is 7.11 Å². The molecule has 4 aromatic rings. The molecule has 0 bridgehead atoms. The maximum atomic E-state index is 13.3. The second kappa shape index (κ2) is 10.0. The van der Waals surface area contributed by atoms with E-state index in [1.54, 1.807) is 0 Å². The van der Waals surface area contributed by atoms with Gasteiger partial charge in [-0.1, -0.05) is 109 Å². The van der Waals surface area contributed by atoms with E-state index < -0.39 is 12.9 Å². The molecule has 0 radical (unpaired) electrons. The molecule has 0 fully saturated rings. The smallest absolute Gasteiger partial charge is 0.359 e. The lowest BCUT2D eigenvalue weighted by atomic mass is 10.3. The molecule has 0 N–H and O–H groups in total. The quantitative estimate of drug-likeness (QED) is 0.240. The Morgan fingerprint density at radius 1 is 0.625 bits per heavy atom. The molecule has 158 valence electrons. The number of ether oxygens (including phenoxy) is 1. The second-order valence-electron chi connectivity index (χ2n) is 7.03. The number of carbonyl (C=O) groups excluding carboxylic acids is 1. The van der Waals surface area contributed by atoms with E-state index in [2.05, 4.69) is 46.6 Å². The number of hydrogen-bond acceptors (Lipinski definition) is 3. The third kappa shape index (κ3) is 4.18. The predicted molar refractivity (Wildman–Crippen MR) is 133 cm³/mol. The maximum Gasteiger partial charge on any atom is 0.359 e. The Hall–Kier alpha value is -3.75. The van der Waals surface area contributed by atoms with Crippen LogP contribution in [-0.4, -0.2) is 18.5 Å². The van der Waals surface area contributed by atoms with Crippen molar-refractivity contribution >= 4 is 39.9 Å². The maximum absolute atomic E-state index is 13.3. The summed E-state index contributed by atoms with van der Waals surface area (Å²) in [5.41, 5.74) is 0.966. The SMILES string of the molecule is COC(=O)C(N=Nc1ccccc1)=P(c1ccccc1)(c1ccccc1)c1ccccc1. The summed E-state index contributed by atoms with van der Waals surface area (Å²) in [7, 11) is 1.38. The van der Waals surface area contributed by atoms with Gasteiger partial charge in [-0.05, 0) is 28.0 Å². The van der Waals surface area contributed by atoms with E-state index in [4.69, 9.17) is 4.74 Å². The zero-order valence-electron chi connectivity index (χ0n) is 17.7. The van der Waals surface area contributed by atoms with Gasteiger partial charge in [0.2, 0.25) is 0 Å². The minimum absolute atomic E-state index is 0.299. The molecule has 0 heterocycles. The largest absolute Gasteiger partial charge is 0.464 e. The van der Waals surface area contributed by atoms with Crippen LogP contribution < -0.4 is 15.9 Å². The Morgan fingerprint density at radius 3 is 1.38 bits per heavy atom. The van der Waals surface area contributed by atoms with E-state index in [0.717, 1.165) is 15.9 Å². The molecule has 4 nitrogen and oxygen atoms in total. The monoisotopic (exact) mass is 438 g/mol. The van der Waals surface area contributed by atoms with Gasteiger partial charge in [-0.15, -0.1) is 5.11 Å². The molecule has 5 heteroatoms. The summed E-state index contributed by atoms with van der Waals surface area (Å²) in [6.45, 7) is -2.69. The van der Waals surface area contributed by atoms with Gasteiger partial charge in [-0.25, -0.2) is 4.79 Å². The molecule has 0 aliphatic heterocycles. The molecule has 0 unspecified atom stereocenters. The zero-order valence-corrected chi connectivity index (χ0v) is 18.6. The van der Waals surface area contributed by atoms with Crippen molar-refractivity contribution in [3.8, 4) is 0 Å². The molecule has 4 aromatic carbocycles. The summed E-state index contributed by atoms with van der Waals surface area (Å²) >= 11 is 0. The molecular formula is C27H23N2O2P. The topological polar surface area (TPSA) is 51.0 Å². The van der Waals surface area contributed by atoms with Crippen molar-refractivity contribution in [1.29, 1.82) is 0 Å². The highest BCUT2D eigenvalue weighted by atomic mass is 31.2. The molecule has 32 heavy (non-hydrogen) atoms. The summed E-state index contributed by atoms with van der Waals surface area (Å²) in [5, 5.41) is 12.0. The highest BCUT2D eigenvalue weighted by molar-refractivity contribution is 7.96. The van der Waals surface area contributed by atoms with E-state index in [0.29, 0.717) is 11.1 Å². The van der Waals surface area contributed by atoms with Crippen molar-refractivity contribution < 1.29 is 9.53 Å². The molecule has 0 aromatic heterocycles. The van der Waals surface area contributed by atoms with Crippen molar-refractivity contribution in [3.63, 3.8) is 0 Å². The number of methoxy groups -OCH3 is 1. The van der Waals surface area contributed by atoms with E-state index in [1.165, 1.54) is 7.11 Å². The highest BCUT2D eigenvalue weighted by Crippen LogP contribution is 2.47. The highest BCUT2D eigenvalue weighted by Gasteiger charge is 2.34. The molecule has 4 rings (SSSR count). The van der Waals surface area contributed by atoms with Gasteiger partial charge in [0, 0.05) is 6.89 Å². The molecule has 0 saturated heterocycles. The van der Waals surface area contributed by atoms with Crippen LogP contribution in [0, 0.1) is 0 Å². The first-order valence-electron chi connectivity index (χ1n) is 10.3. The van der Waals surface area contributed by atoms with Crippen LogP contribution in [0.1, 0.15) is 0 Å². The Morgan fingerprint density at radius 2 is 1.00 bits per heavy atom. The Bertz CT molecular complexity index is 1150. The summed E-state index contributed by atoms with van der Waals surface area (Å²) in [5.74, 6) is -0.491. The van der Waals surface area contributed by atoms with Gasteiger partial charge in [0.25, 0.3) is 0 Å². The molecule has 0 aliphatic rings. The van der Waals surface area contributed by atoms with E-state index >= 15 is 0 Å². The fourth-order valence-electron chi connectivity index (χ4n) is 3.70. The van der Waals surface area contributed by atoms with Crippen LogP contribution in [-0.2, 0) is 9.53 Å². The molecule has 0 spiro atoms. The fraction of sp³-hybridized carbons (Fsp3) is 0.0370. The zero-order chi connectivity index (χ0) is 22.2. The van der Waals surface area contributed by atoms with Gasteiger partial charge < -0.3 is 4.74 Å². The molecule has 0 atom stereocenters. The minimum Gasteiger partial charge on any atom is -0.464 e. The number of benzene rings is 4. The average Bonchev–Trinajstić information content (AvgIpc) is 2.88. The molecular weight excluding hydrogens is 415 g/mol. The van der Waals surface area contributed by atoms with Crippen molar-refractivity contribution in [1.82, 2.24) is 0 Å². The first-order valence-corrected chi connectivity index (χ1v) is 12.0. The fourth-order valence-corrected chi connectivity index (χ4v) is 7.73. The molecule has 0 amide bonds. The number of nitrogens with zero attached hydrogens (tertiary/aromatic N) is 2. The first-order chi connectivity index (χ1) is 15.8. The van der Waals surface area contributed by atoms with Gasteiger partial charge in [-0.3, -0.25) is 0 Å². The van der Waals surface area contributed by atoms with Crippen LogP contribution in [0.4, 0.5) is 5.69 Å². The number of azo groups is 1. The molecule has 0 aliphatic carbocycles. The average molecular weight is 438 g/mol. The lowest BCUT2D eigenvalue weighted by molar-refractivity contribution is -0.132. The lowest BCUT2D eigenvalue weighted by Gasteiger charge is -2.29. The van der Waals surface area contributed by atoms with Crippen LogP contribution in [0.25, 0.3) is 0 Å². The third-order valence-electron chi connectivity index (χ3n) is 5.13. The van der Waals surface area contributed by atoms with Gasteiger partial charge in [-0.2, -0.15) is 5.11 Å². The Kier molecular flexibility index (Phi) is 6.74. The summed E-state index contributed by atoms with van der Waals surface area (Å²) < 4.78 is 5.27. The van der Waals surface area contributed by atoms with E-state index in [-0.39, 0.29) is 0 Å².